The van der Waals surface area contributed by atoms with Crippen molar-refractivity contribution in [2.75, 3.05) is 11.9 Å². The van der Waals surface area contributed by atoms with Crippen LogP contribution in [-0.4, -0.2) is 29.6 Å². The number of para-hydroxylation sites is 1. The van der Waals surface area contributed by atoms with Gasteiger partial charge >= 0.3 is 5.97 Å². The summed E-state index contributed by atoms with van der Waals surface area (Å²) in [5, 5.41) is 14.3. The molecule has 1 rings (SSSR count). The monoisotopic (exact) mass is 290 g/mol. The van der Waals surface area contributed by atoms with Crippen molar-refractivity contribution in [3.8, 4) is 0 Å². The minimum atomic E-state index is -1.03. The molecule has 0 fully saturated rings. The molecule has 5 nitrogen and oxygen atoms in total. The zero-order valence-corrected chi connectivity index (χ0v) is 11.0. The van der Waals surface area contributed by atoms with Crippen LogP contribution in [-0.2, 0) is 9.59 Å². The summed E-state index contributed by atoms with van der Waals surface area (Å²) in [6.07, 6.45) is 0. The van der Waals surface area contributed by atoms with Gasteiger partial charge < -0.3 is 10.4 Å². The number of carbonyl (C=O) groups excluding carboxylic acids is 1. The van der Waals surface area contributed by atoms with Gasteiger partial charge in [-0.05, 0) is 19.1 Å². The molecule has 98 valence electrons. The van der Waals surface area contributed by atoms with Gasteiger partial charge in [-0.1, -0.05) is 29.3 Å². The van der Waals surface area contributed by atoms with Gasteiger partial charge in [0.05, 0.1) is 22.3 Å². The number of carboxylic acid groups (broad SMARTS) is 1. The van der Waals surface area contributed by atoms with Gasteiger partial charge in [-0.2, -0.15) is 0 Å². The smallest absolute Gasteiger partial charge is 0.320 e. The van der Waals surface area contributed by atoms with E-state index in [1.807, 2.05) is 0 Å². The molecular weight excluding hydrogens is 279 g/mol. The Hall–Kier alpha value is -1.30. The SMILES string of the molecule is CC(NCC(=O)Nc1c(Cl)cccc1Cl)C(=O)O. The minimum Gasteiger partial charge on any atom is -0.480 e. The van der Waals surface area contributed by atoms with Gasteiger partial charge in [-0.25, -0.2) is 0 Å². The second-order valence-electron chi connectivity index (χ2n) is 3.59. The average molecular weight is 291 g/mol. The Kier molecular flexibility index (Phi) is 5.40. The van der Waals surface area contributed by atoms with Gasteiger partial charge in [0.1, 0.15) is 6.04 Å². The third-order valence-corrected chi connectivity index (χ3v) is 2.80. The molecule has 3 N–H and O–H groups in total. The first-order valence-corrected chi connectivity index (χ1v) is 5.87. The molecule has 0 saturated heterocycles. The molecule has 1 unspecified atom stereocenters. The normalized spacial score (nSPS) is 11.9. The summed E-state index contributed by atoms with van der Waals surface area (Å²) in [4.78, 5) is 22.1. The lowest BCUT2D eigenvalue weighted by Crippen LogP contribution is -2.39. The van der Waals surface area contributed by atoms with E-state index in [-0.39, 0.29) is 6.54 Å². The number of aliphatic carboxylic acids is 1. The third-order valence-electron chi connectivity index (χ3n) is 2.17. The molecule has 0 spiro atoms. The van der Waals surface area contributed by atoms with E-state index in [9.17, 15) is 9.59 Å². The van der Waals surface area contributed by atoms with Gasteiger partial charge in [0.25, 0.3) is 0 Å². The predicted molar refractivity (Wildman–Crippen MR) is 70.2 cm³/mol. The van der Waals surface area contributed by atoms with E-state index < -0.39 is 17.9 Å². The molecule has 1 amide bonds. The highest BCUT2D eigenvalue weighted by molar-refractivity contribution is 6.39. The highest BCUT2D eigenvalue weighted by Gasteiger charge is 2.13. The highest BCUT2D eigenvalue weighted by Crippen LogP contribution is 2.29. The summed E-state index contributed by atoms with van der Waals surface area (Å²) in [5.41, 5.74) is 0.315. The Morgan fingerprint density at radius 2 is 1.89 bits per heavy atom. The molecule has 0 radical (unpaired) electrons. The van der Waals surface area contributed by atoms with E-state index in [0.29, 0.717) is 15.7 Å². The average Bonchev–Trinajstić information content (AvgIpc) is 2.30. The number of amides is 1. The molecule has 18 heavy (non-hydrogen) atoms. The molecule has 0 aliphatic heterocycles. The molecule has 0 aliphatic rings. The maximum absolute atomic E-state index is 11.6. The van der Waals surface area contributed by atoms with Crippen LogP contribution in [0.2, 0.25) is 10.0 Å². The van der Waals surface area contributed by atoms with E-state index in [1.165, 1.54) is 6.92 Å². The first kappa shape index (κ1) is 14.8. The second kappa shape index (κ2) is 6.58. The van der Waals surface area contributed by atoms with Gasteiger partial charge in [0.2, 0.25) is 5.91 Å². The van der Waals surface area contributed by atoms with Crippen molar-refractivity contribution in [3.05, 3.63) is 28.2 Å². The number of hydrogen-bond donors (Lipinski definition) is 3. The van der Waals surface area contributed by atoms with Crippen LogP contribution in [0, 0.1) is 0 Å². The summed E-state index contributed by atoms with van der Waals surface area (Å²) in [6, 6.07) is 4.04. The van der Waals surface area contributed by atoms with E-state index in [4.69, 9.17) is 28.3 Å². The molecule has 1 aromatic carbocycles. The van der Waals surface area contributed by atoms with Crippen molar-refractivity contribution in [2.24, 2.45) is 0 Å². The number of halogens is 2. The van der Waals surface area contributed by atoms with Crippen molar-refractivity contribution in [3.63, 3.8) is 0 Å². The lowest BCUT2D eigenvalue weighted by molar-refractivity contribution is -0.139. The summed E-state index contributed by atoms with van der Waals surface area (Å²) in [7, 11) is 0. The summed E-state index contributed by atoms with van der Waals surface area (Å²) in [5.74, 6) is -1.45. The van der Waals surface area contributed by atoms with Crippen molar-refractivity contribution >= 4 is 40.8 Å². The number of carbonyl (C=O) groups is 2. The molecule has 1 atom stereocenters. The third kappa shape index (κ3) is 4.18. The molecule has 0 heterocycles. The Bertz CT molecular complexity index is 445. The fourth-order valence-electron chi connectivity index (χ4n) is 1.13. The van der Waals surface area contributed by atoms with E-state index in [2.05, 4.69) is 10.6 Å². The van der Waals surface area contributed by atoms with E-state index in [1.54, 1.807) is 18.2 Å². The Balaban J connectivity index is 2.58. The largest absolute Gasteiger partial charge is 0.480 e. The van der Waals surface area contributed by atoms with Gasteiger partial charge in [-0.3, -0.25) is 14.9 Å². The Labute approximate surface area is 114 Å². The first-order chi connectivity index (χ1) is 8.41. The van der Waals surface area contributed by atoms with Crippen LogP contribution in [0.5, 0.6) is 0 Å². The van der Waals surface area contributed by atoms with Crippen LogP contribution in [0.1, 0.15) is 6.92 Å². The van der Waals surface area contributed by atoms with Crippen LogP contribution in [0.4, 0.5) is 5.69 Å². The maximum atomic E-state index is 11.6. The van der Waals surface area contributed by atoms with E-state index >= 15 is 0 Å². The predicted octanol–water partition coefficient (Wildman–Crippen LogP) is 1.99. The fraction of sp³-hybridized carbons (Fsp3) is 0.273. The zero-order valence-electron chi connectivity index (χ0n) is 9.54. The lowest BCUT2D eigenvalue weighted by Gasteiger charge is -2.11. The number of benzene rings is 1. The fourth-order valence-corrected chi connectivity index (χ4v) is 1.63. The molecular formula is C11H12Cl2N2O3. The zero-order chi connectivity index (χ0) is 13.7. The van der Waals surface area contributed by atoms with Gasteiger partial charge in [0.15, 0.2) is 0 Å². The minimum absolute atomic E-state index is 0.144. The topological polar surface area (TPSA) is 78.4 Å². The Morgan fingerprint density at radius 1 is 1.33 bits per heavy atom. The van der Waals surface area contributed by atoms with Gasteiger partial charge in [-0.15, -0.1) is 0 Å². The molecule has 0 aliphatic carbocycles. The maximum Gasteiger partial charge on any atom is 0.320 e. The quantitative estimate of drug-likeness (QED) is 0.775. The number of carboxylic acids is 1. The number of rotatable bonds is 5. The van der Waals surface area contributed by atoms with Crippen LogP contribution in [0.3, 0.4) is 0 Å². The van der Waals surface area contributed by atoms with E-state index in [0.717, 1.165) is 0 Å². The van der Waals surface area contributed by atoms with Crippen molar-refractivity contribution < 1.29 is 14.7 Å². The second-order valence-corrected chi connectivity index (χ2v) is 4.40. The van der Waals surface area contributed by atoms with Crippen LogP contribution < -0.4 is 10.6 Å². The number of anilines is 1. The summed E-state index contributed by atoms with van der Waals surface area (Å²) < 4.78 is 0. The molecule has 1 aromatic rings. The van der Waals surface area contributed by atoms with Gasteiger partial charge in [0, 0.05) is 0 Å². The molecule has 0 saturated carbocycles. The standard InChI is InChI=1S/C11H12Cl2N2O3/c1-6(11(17)18)14-5-9(16)15-10-7(12)3-2-4-8(10)13/h2-4,6,14H,5H2,1H3,(H,15,16)(H,17,18). The summed E-state index contributed by atoms with van der Waals surface area (Å²) >= 11 is 11.7. The number of nitrogens with one attached hydrogen (secondary N) is 2. The van der Waals surface area contributed by atoms with Crippen LogP contribution in [0.25, 0.3) is 0 Å². The van der Waals surface area contributed by atoms with Crippen LogP contribution >= 0.6 is 23.2 Å². The van der Waals surface area contributed by atoms with Crippen molar-refractivity contribution in [1.82, 2.24) is 5.32 Å². The van der Waals surface area contributed by atoms with Crippen molar-refractivity contribution in [1.29, 1.82) is 0 Å². The van der Waals surface area contributed by atoms with Crippen LogP contribution in [0.15, 0.2) is 18.2 Å². The molecule has 7 heteroatoms. The molecule has 0 aromatic heterocycles. The Morgan fingerprint density at radius 3 is 2.39 bits per heavy atom. The van der Waals surface area contributed by atoms with Crippen molar-refractivity contribution in [2.45, 2.75) is 13.0 Å². The number of hydrogen-bond acceptors (Lipinski definition) is 3. The first-order valence-electron chi connectivity index (χ1n) is 5.12. The highest BCUT2D eigenvalue weighted by atomic mass is 35.5. The molecule has 0 bridgehead atoms. The lowest BCUT2D eigenvalue weighted by atomic mass is 10.3. The summed E-state index contributed by atoms with van der Waals surface area (Å²) in [6.45, 7) is 1.30.